The first-order valence-corrected chi connectivity index (χ1v) is 9.83. The topological polar surface area (TPSA) is 40.6 Å². The van der Waals surface area contributed by atoms with Crippen molar-refractivity contribution < 1.29 is 14.0 Å². The SMILES string of the molecule is CC(=O)N1CCN(C(=O)CC(c2ccc(F)cc2)C2CCCCC2)CC1. The van der Waals surface area contributed by atoms with Crippen LogP contribution in [0.5, 0.6) is 0 Å². The molecule has 1 aliphatic carbocycles. The summed E-state index contributed by atoms with van der Waals surface area (Å²) in [6.45, 7) is 4.03. The van der Waals surface area contributed by atoms with Gasteiger partial charge in [-0.3, -0.25) is 9.59 Å². The molecule has 2 fully saturated rings. The normalized spacial score (nSPS) is 20.1. The van der Waals surface area contributed by atoms with E-state index in [1.807, 2.05) is 17.0 Å². The molecule has 1 saturated heterocycles. The Morgan fingerprint density at radius 2 is 1.58 bits per heavy atom. The zero-order valence-corrected chi connectivity index (χ0v) is 15.6. The van der Waals surface area contributed by atoms with Crippen LogP contribution in [0.25, 0.3) is 0 Å². The van der Waals surface area contributed by atoms with Crippen LogP contribution in [0.1, 0.15) is 56.9 Å². The fraction of sp³-hybridized carbons (Fsp3) is 0.619. The van der Waals surface area contributed by atoms with E-state index in [-0.39, 0.29) is 23.5 Å². The van der Waals surface area contributed by atoms with Crippen LogP contribution in [-0.4, -0.2) is 47.8 Å². The quantitative estimate of drug-likeness (QED) is 0.824. The highest BCUT2D eigenvalue weighted by molar-refractivity contribution is 5.78. The van der Waals surface area contributed by atoms with Gasteiger partial charge < -0.3 is 9.80 Å². The molecule has 3 rings (SSSR count). The van der Waals surface area contributed by atoms with Gasteiger partial charge in [-0.15, -0.1) is 0 Å². The molecule has 26 heavy (non-hydrogen) atoms. The fourth-order valence-electron chi connectivity index (χ4n) is 4.39. The van der Waals surface area contributed by atoms with E-state index >= 15 is 0 Å². The molecule has 1 aliphatic heterocycles. The maximum absolute atomic E-state index is 13.3. The van der Waals surface area contributed by atoms with E-state index in [4.69, 9.17) is 0 Å². The molecule has 0 radical (unpaired) electrons. The minimum absolute atomic E-state index is 0.0727. The molecule has 1 aromatic rings. The van der Waals surface area contributed by atoms with E-state index in [2.05, 4.69) is 0 Å². The highest BCUT2D eigenvalue weighted by Crippen LogP contribution is 2.38. The summed E-state index contributed by atoms with van der Waals surface area (Å²) in [5, 5.41) is 0. The maximum atomic E-state index is 13.3. The summed E-state index contributed by atoms with van der Waals surface area (Å²) in [4.78, 5) is 28.1. The molecule has 1 unspecified atom stereocenters. The molecular weight excluding hydrogens is 331 g/mol. The number of hydrogen-bond donors (Lipinski definition) is 0. The minimum Gasteiger partial charge on any atom is -0.339 e. The van der Waals surface area contributed by atoms with Gasteiger partial charge >= 0.3 is 0 Å². The van der Waals surface area contributed by atoms with E-state index in [1.165, 1.54) is 31.4 Å². The second kappa shape index (κ2) is 8.65. The lowest BCUT2D eigenvalue weighted by Crippen LogP contribution is -2.50. The van der Waals surface area contributed by atoms with Crippen LogP contribution >= 0.6 is 0 Å². The molecule has 0 spiro atoms. The van der Waals surface area contributed by atoms with E-state index < -0.39 is 0 Å². The van der Waals surface area contributed by atoms with Crippen molar-refractivity contribution >= 4 is 11.8 Å². The Labute approximate surface area is 155 Å². The molecule has 0 aromatic heterocycles. The largest absolute Gasteiger partial charge is 0.339 e. The first kappa shape index (κ1) is 18.9. The predicted molar refractivity (Wildman–Crippen MR) is 99.2 cm³/mol. The van der Waals surface area contributed by atoms with Crippen molar-refractivity contribution in [3.05, 3.63) is 35.6 Å². The van der Waals surface area contributed by atoms with Gasteiger partial charge in [0, 0.05) is 39.5 Å². The lowest BCUT2D eigenvalue weighted by atomic mass is 9.75. The minimum atomic E-state index is -0.233. The first-order chi connectivity index (χ1) is 12.5. The Morgan fingerprint density at radius 3 is 2.15 bits per heavy atom. The van der Waals surface area contributed by atoms with Crippen molar-refractivity contribution in [3.63, 3.8) is 0 Å². The third kappa shape index (κ3) is 4.63. The van der Waals surface area contributed by atoms with Crippen LogP contribution in [0, 0.1) is 11.7 Å². The zero-order valence-electron chi connectivity index (χ0n) is 15.6. The molecule has 4 nitrogen and oxygen atoms in total. The van der Waals surface area contributed by atoms with Gasteiger partial charge in [-0.2, -0.15) is 0 Å². The molecule has 1 atom stereocenters. The number of amides is 2. The number of rotatable bonds is 4. The van der Waals surface area contributed by atoms with Crippen molar-refractivity contribution in [1.82, 2.24) is 9.80 Å². The molecule has 2 aliphatic rings. The third-order valence-electron chi connectivity index (χ3n) is 5.99. The number of hydrogen-bond acceptors (Lipinski definition) is 2. The molecule has 1 aromatic carbocycles. The van der Waals surface area contributed by atoms with Crippen LogP contribution in [0.2, 0.25) is 0 Å². The van der Waals surface area contributed by atoms with E-state index in [1.54, 1.807) is 11.8 Å². The van der Waals surface area contributed by atoms with Crippen molar-refractivity contribution in [3.8, 4) is 0 Å². The van der Waals surface area contributed by atoms with Gasteiger partial charge in [0.15, 0.2) is 0 Å². The summed E-state index contributed by atoms with van der Waals surface area (Å²) in [7, 11) is 0. The lowest BCUT2D eigenvalue weighted by molar-refractivity contribution is -0.138. The zero-order chi connectivity index (χ0) is 18.5. The van der Waals surface area contributed by atoms with Crippen molar-refractivity contribution in [2.75, 3.05) is 26.2 Å². The van der Waals surface area contributed by atoms with Crippen LogP contribution in [-0.2, 0) is 9.59 Å². The molecular formula is C21H29FN2O2. The Kier molecular flexibility index (Phi) is 6.28. The summed E-state index contributed by atoms with van der Waals surface area (Å²) >= 11 is 0. The second-order valence-electron chi connectivity index (χ2n) is 7.65. The van der Waals surface area contributed by atoms with Crippen molar-refractivity contribution in [2.24, 2.45) is 5.92 Å². The molecule has 1 saturated carbocycles. The van der Waals surface area contributed by atoms with Crippen LogP contribution in [0.4, 0.5) is 4.39 Å². The molecule has 2 amide bonds. The van der Waals surface area contributed by atoms with E-state index in [0.717, 1.165) is 18.4 Å². The smallest absolute Gasteiger partial charge is 0.223 e. The summed E-state index contributed by atoms with van der Waals surface area (Å²) < 4.78 is 13.3. The molecule has 142 valence electrons. The first-order valence-electron chi connectivity index (χ1n) is 9.83. The lowest BCUT2D eigenvalue weighted by Gasteiger charge is -2.36. The third-order valence-corrected chi connectivity index (χ3v) is 5.99. The summed E-state index contributed by atoms with van der Waals surface area (Å²) in [5.41, 5.74) is 1.08. The number of piperazine rings is 1. The second-order valence-corrected chi connectivity index (χ2v) is 7.65. The summed E-state index contributed by atoms with van der Waals surface area (Å²) in [5.74, 6) is 0.658. The number of nitrogens with zero attached hydrogens (tertiary/aromatic N) is 2. The van der Waals surface area contributed by atoms with Crippen LogP contribution in [0.3, 0.4) is 0 Å². The fourth-order valence-corrected chi connectivity index (χ4v) is 4.39. The number of halogens is 1. The Morgan fingerprint density at radius 1 is 1.00 bits per heavy atom. The average Bonchev–Trinajstić information content (AvgIpc) is 2.67. The van der Waals surface area contributed by atoms with Gasteiger partial charge in [0.1, 0.15) is 5.82 Å². The van der Waals surface area contributed by atoms with Gasteiger partial charge in [-0.1, -0.05) is 31.4 Å². The van der Waals surface area contributed by atoms with Gasteiger partial charge in [-0.05, 0) is 42.4 Å². The van der Waals surface area contributed by atoms with E-state index in [9.17, 15) is 14.0 Å². The Balaban J connectivity index is 1.68. The van der Waals surface area contributed by atoms with Gasteiger partial charge in [0.25, 0.3) is 0 Å². The molecule has 5 heteroatoms. The predicted octanol–water partition coefficient (Wildman–Crippen LogP) is 3.57. The van der Waals surface area contributed by atoms with Crippen molar-refractivity contribution in [2.45, 2.75) is 51.4 Å². The van der Waals surface area contributed by atoms with Gasteiger partial charge in [-0.25, -0.2) is 4.39 Å². The standard InChI is InChI=1S/C21H29FN2O2/c1-16(25)23-11-13-24(14-12-23)21(26)15-20(17-5-3-2-4-6-17)18-7-9-19(22)10-8-18/h7-10,17,20H,2-6,11-15H2,1H3. The Bertz CT molecular complexity index is 617. The Hall–Kier alpha value is -1.91. The van der Waals surface area contributed by atoms with Gasteiger partial charge in [0.05, 0.1) is 0 Å². The number of carbonyl (C=O) groups is 2. The van der Waals surface area contributed by atoms with E-state index in [0.29, 0.717) is 38.5 Å². The molecule has 1 heterocycles. The summed E-state index contributed by atoms with van der Waals surface area (Å²) in [6, 6.07) is 6.69. The van der Waals surface area contributed by atoms with Gasteiger partial charge in [0.2, 0.25) is 11.8 Å². The number of benzene rings is 1. The van der Waals surface area contributed by atoms with Crippen LogP contribution in [0.15, 0.2) is 24.3 Å². The summed E-state index contributed by atoms with van der Waals surface area (Å²) in [6.07, 6.45) is 6.48. The average molecular weight is 360 g/mol. The maximum Gasteiger partial charge on any atom is 0.223 e. The number of carbonyl (C=O) groups excluding carboxylic acids is 2. The molecule has 0 bridgehead atoms. The molecule has 0 N–H and O–H groups in total. The highest BCUT2D eigenvalue weighted by Gasteiger charge is 2.30. The van der Waals surface area contributed by atoms with Crippen molar-refractivity contribution in [1.29, 1.82) is 0 Å². The van der Waals surface area contributed by atoms with Crippen LogP contribution < -0.4 is 0 Å². The highest BCUT2D eigenvalue weighted by atomic mass is 19.1. The monoisotopic (exact) mass is 360 g/mol.